The number of sulfonamides is 1. The van der Waals surface area contributed by atoms with E-state index in [9.17, 15) is 13.5 Å². The second kappa shape index (κ2) is 7.35. The summed E-state index contributed by atoms with van der Waals surface area (Å²) in [7, 11) is -3.23. The van der Waals surface area contributed by atoms with Crippen molar-refractivity contribution in [2.75, 3.05) is 13.1 Å². The lowest BCUT2D eigenvalue weighted by molar-refractivity contribution is -0.0113. The zero-order chi connectivity index (χ0) is 20.0. The maximum atomic E-state index is 12.4. The van der Waals surface area contributed by atoms with Crippen LogP contribution in [-0.4, -0.2) is 46.4 Å². The first kappa shape index (κ1) is 20.6. The van der Waals surface area contributed by atoms with Crippen molar-refractivity contribution in [1.82, 2.24) is 14.5 Å². The molecule has 1 atom stereocenters. The minimum Gasteiger partial charge on any atom is -0.388 e. The summed E-state index contributed by atoms with van der Waals surface area (Å²) in [4.78, 5) is 0. The van der Waals surface area contributed by atoms with E-state index in [4.69, 9.17) is 11.6 Å². The fraction of sp³-hybridized carbons (Fsp3) is 0.632. The summed E-state index contributed by atoms with van der Waals surface area (Å²) in [5, 5.41) is 19.3. The Bertz CT molecular complexity index is 915. The van der Waals surface area contributed by atoms with Gasteiger partial charge in [0.05, 0.1) is 23.1 Å². The predicted octanol–water partition coefficient (Wildman–Crippen LogP) is 3.73. The quantitative estimate of drug-likeness (QED) is 0.781. The van der Waals surface area contributed by atoms with E-state index in [2.05, 4.69) is 10.2 Å². The largest absolute Gasteiger partial charge is 0.388 e. The van der Waals surface area contributed by atoms with Crippen LogP contribution in [-0.2, 0) is 10.0 Å². The molecule has 0 amide bonds. The lowest BCUT2D eigenvalue weighted by Crippen LogP contribution is -2.45. The average Bonchev–Trinajstić information content (AvgIpc) is 3.08. The summed E-state index contributed by atoms with van der Waals surface area (Å²) >= 11 is 6.23. The third kappa shape index (κ3) is 3.75. The number of nitrogens with zero attached hydrogens (tertiary/aromatic N) is 2. The van der Waals surface area contributed by atoms with Gasteiger partial charge in [-0.1, -0.05) is 25.4 Å². The van der Waals surface area contributed by atoms with Gasteiger partial charge in [-0.3, -0.25) is 5.10 Å². The van der Waals surface area contributed by atoms with E-state index >= 15 is 0 Å². The molecule has 1 aliphatic rings. The van der Waals surface area contributed by atoms with Crippen molar-refractivity contribution in [2.45, 2.75) is 51.9 Å². The first-order chi connectivity index (χ1) is 12.5. The smallest absolute Gasteiger partial charge is 0.216 e. The standard InChI is InChI=1S/C19H28ClN3O3S/c1-12(2)27(25,26)23-7-5-14(6-8-23)19(3,4)18(24)16-10-15(20)9-13-11-21-22-17(13)16/h9-12,14,18,24H,5-8H2,1-4H3,(H,21,22). The number of rotatable bonds is 5. The third-order valence-corrected chi connectivity index (χ3v) is 8.50. The molecule has 1 unspecified atom stereocenters. The van der Waals surface area contributed by atoms with Crippen LogP contribution < -0.4 is 0 Å². The van der Waals surface area contributed by atoms with Crippen LogP contribution in [0, 0.1) is 11.3 Å². The summed E-state index contributed by atoms with van der Waals surface area (Å²) in [6.45, 7) is 8.50. The Morgan fingerprint density at radius 2 is 1.93 bits per heavy atom. The molecule has 2 N–H and O–H groups in total. The molecule has 8 heteroatoms. The van der Waals surface area contributed by atoms with Crippen molar-refractivity contribution >= 4 is 32.5 Å². The molecule has 1 fully saturated rings. The summed E-state index contributed by atoms with van der Waals surface area (Å²) in [5.74, 6) is 0.197. The molecule has 0 bridgehead atoms. The van der Waals surface area contributed by atoms with Gasteiger partial charge in [0.2, 0.25) is 10.0 Å². The van der Waals surface area contributed by atoms with Crippen molar-refractivity contribution in [2.24, 2.45) is 11.3 Å². The number of aliphatic hydroxyl groups is 1. The third-order valence-electron chi connectivity index (χ3n) is 6.01. The van der Waals surface area contributed by atoms with Gasteiger partial charge in [-0.2, -0.15) is 5.10 Å². The Morgan fingerprint density at radius 1 is 1.30 bits per heavy atom. The van der Waals surface area contributed by atoms with Crippen LogP contribution in [0.25, 0.3) is 10.9 Å². The molecule has 0 saturated carbocycles. The normalized spacial score (nSPS) is 19.1. The summed E-state index contributed by atoms with van der Waals surface area (Å²) < 4.78 is 26.4. The molecule has 27 heavy (non-hydrogen) atoms. The number of aliphatic hydroxyl groups excluding tert-OH is 1. The lowest BCUT2D eigenvalue weighted by atomic mass is 9.68. The number of nitrogens with one attached hydrogen (secondary N) is 1. The Balaban J connectivity index is 1.81. The molecule has 1 aliphatic heterocycles. The van der Waals surface area contributed by atoms with Crippen LogP contribution in [0.4, 0.5) is 0 Å². The van der Waals surface area contributed by atoms with Gasteiger partial charge in [-0.25, -0.2) is 12.7 Å². The molecular weight excluding hydrogens is 386 g/mol. The van der Waals surface area contributed by atoms with Crippen LogP contribution in [0.3, 0.4) is 0 Å². The van der Waals surface area contributed by atoms with Crippen LogP contribution in [0.5, 0.6) is 0 Å². The van der Waals surface area contributed by atoms with E-state index in [1.165, 1.54) is 0 Å². The highest BCUT2D eigenvalue weighted by Gasteiger charge is 2.41. The predicted molar refractivity (Wildman–Crippen MR) is 108 cm³/mol. The fourth-order valence-electron chi connectivity index (χ4n) is 4.04. The molecule has 1 aromatic heterocycles. The van der Waals surface area contributed by atoms with Gasteiger partial charge in [0, 0.05) is 29.1 Å². The maximum Gasteiger partial charge on any atom is 0.216 e. The number of piperidine rings is 1. The van der Waals surface area contributed by atoms with E-state index in [0.29, 0.717) is 18.1 Å². The topological polar surface area (TPSA) is 86.3 Å². The summed E-state index contributed by atoms with van der Waals surface area (Å²) in [6, 6.07) is 3.60. The van der Waals surface area contributed by atoms with Crippen molar-refractivity contribution < 1.29 is 13.5 Å². The molecule has 1 aromatic carbocycles. The zero-order valence-electron chi connectivity index (χ0n) is 16.2. The zero-order valence-corrected chi connectivity index (χ0v) is 17.8. The first-order valence-electron chi connectivity index (χ1n) is 9.34. The van der Waals surface area contributed by atoms with Crippen molar-refractivity contribution in [3.8, 4) is 0 Å². The number of hydrogen-bond donors (Lipinski definition) is 2. The van der Waals surface area contributed by atoms with E-state index in [1.54, 1.807) is 30.4 Å². The lowest BCUT2D eigenvalue weighted by Gasteiger charge is -2.43. The van der Waals surface area contributed by atoms with Gasteiger partial charge in [0.25, 0.3) is 0 Å². The van der Waals surface area contributed by atoms with Crippen LogP contribution in [0.2, 0.25) is 5.02 Å². The Labute approximate surface area is 166 Å². The summed E-state index contributed by atoms with van der Waals surface area (Å²) in [5.41, 5.74) is 1.09. The SMILES string of the molecule is CC(C)S(=O)(=O)N1CCC(C(C)(C)C(O)c2cc(Cl)cc3cn[nH]c23)CC1. The molecular formula is C19H28ClN3O3S. The minimum absolute atomic E-state index is 0.197. The molecule has 6 nitrogen and oxygen atoms in total. The van der Waals surface area contributed by atoms with Gasteiger partial charge in [-0.05, 0) is 50.2 Å². The van der Waals surface area contributed by atoms with E-state index in [0.717, 1.165) is 29.3 Å². The highest BCUT2D eigenvalue weighted by Crippen LogP contribution is 2.46. The monoisotopic (exact) mass is 413 g/mol. The average molecular weight is 414 g/mol. The van der Waals surface area contributed by atoms with Crippen LogP contribution in [0.1, 0.15) is 52.2 Å². The molecule has 0 aliphatic carbocycles. The van der Waals surface area contributed by atoms with Gasteiger partial charge < -0.3 is 5.11 Å². The van der Waals surface area contributed by atoms with Crippen molar-refractivity contribution in [3.63, 3.8) is 0 Å². The molecule has 2 heterocycles. The van der Waals surface area contributed by atoms with Crippen LogP contribution in [0.15, 0.2) is 18.3 Å². The molecule has 3 rings (SSSR count). The van der Waals surface area contributed by atoms with E-state index < -0.39 is 26.8 Å². The highest BCUT2D eigenvalue weighted by atomic mass is 35.5. The number of fused-ring (bicyclic) bond motifs is 1. The van der Waals surface area contributed by atoms with E-state index in [1.807, 2.05) is 19.9 Å². The molecule has 1 saturated heterocycles. The molecule has 0 spiro atoms. The molecule has 2 aromatic rings. The fourth-order valence-corrected chi connectivity index (χ4v) is 5.59. The maximum absolute atomic E-state index is 12.4. The second-order valence-corrected chi connectivity index (χ2v) is 11.2. The Hall–Kier alpha value is -1.15. The Morgan fingerprint density at radius 3 is 2.52 bits per heavy atom. The number of halogens is 1. The molecule has 150 valence electrons. The first-order valence-corrected chi connectivity index (χ1v) is 11.2. The van der Waals surface area contributed by atoms with Gasteiger partial charge in [-0.15, -0.1) is 0 Å². The van der Waals surface area contributed by atoms with Gasteiger partial charge >= 0.3 is 0 Å². The van der Waals surface area contributed by atoms with Crippen molar-refractivity contribution in [3.05, 3.63) is 28.9 Å². The number of benzene rings is 1. The van der Waals surface area contributed by atoms with Gasteiger partial charge in [0.15, 0.2) is 0 Å². The van der Waals surface area contributed by atoms with E-state index in [-0.39, 0.29) is 5.92 Å². The summed E-state index contributed by atoms with van der Waals surface area (Å²) in [6.07, 6.45) is 2.41. The number of aromatic nitrogens is 2. The number of H-pyrrole nitrogens is 1. The van der Waals surface area contributed by atoms with Crippen LogP contribution >= 0.6 is 11.6 Å². The minimum atomic E-state index is -3.23. The number of aromatic amines is 1. The molecule has 0 radical (unpaired) electrons. The Kier molecular flexibility index (Phi) is 5.60. The van der Waals surface area contributed by atoms with Crippen molar-refractivity contribution in [1.29, 1.82) is 0 Å². The number of hydrogen-bond acceptors (Lipinski definition) is 4. The highest BCUT2D eigenvalue weighted by molar-refractivity contribution is 7.89. The van der Waals surface area contributed by atoms with Gasteiger partial charge in [0.1, 0.15) is 0 Å². The second-order valence-electron chi connectivity index (χ2n) is 8.32.